The van der Waals surface area contributed by atoms with Crippen molar-refractivity contribution in [2.24, 2.45) is 0 Å². The van der Waals surface area contributed by atoms with Gasteiger partial charge in [-0.2, -0.15) is 0 Å². The fourth-order valence-corrected chi connectivity index (χ4v) is 1.66. The van der Waals surface area contributed by atoms with Crippen LogP contribution in [0.2, 0.25) is 0 Å². The van der Waals surface area contributed by atoms with Gasteiger partial charge in [0.2, 0.25) is 5.91 Å². The number of anilines is 1. The Morgan fingerprint density at radius 3 is 2.94 bits per heavy atom. The Morgan fingerprint density at radius 2 is 2.22 bits per heavy atom. The van der Waals surface area contributed by atoms with Gasteiger partial charge in [0.15, 0.2) is 0 Å². The van der Waals surface area contributed by atoms with E-state index in [9.17, 15) is 4.79 Å². The number of para-hydroxylation sites is 2. The van der Waals surface area contributed by atoms with Crippen LogP contribution >= 0.6 is 0 Å². The summed E-state index contributed by atoms with van der Waals surface area (Å²) in [6.07, 6.45) is 5.71. The highest BCUT2D eigenvalue weighted by molar-refractivity contribution is 5.92. The lowest BCUT2D eigenvalue weighted by atomic mass is 10.2. The van der Waals surface area contributed by atoms with E-state index in [0.717, 1.165) is 11.4 Å². The predicted octanol–water partition coefficient (Wildman–Crippen LogP) is 1.42. The van der Waals surface area contributed by atoms with Gasteiger partial charge in [0.05, 0.1) is 17.7 Å². The molecule has 0 radical (unpaired) electrons. The molecular weight excluding hydrogens is 228 g/mol. The average molecular weight is 244 g/mol. The average Bonchev–Trinajstić information content (AvgIpc) is 2.91. The van der Waals surface area contributed by atoms with E-state index >= 15 is 0 Å². The van der Waals surface area contributed by atoms with Gasteiger partial charge >= 0.3 is 0 Å². The molecule has 0 aliphatic carbocycles. The molecule has 2 rings (SSSR count). The summed E-state index contributed by atoms with van der Waals surface area (Å²) in [5, 5.41) is 5.86. The monoisotopic (exact) mass is 244 g/mol. The first-order chi connectivity index (χ1) is 8.81. The molecule has 0 unspecified atom stereocenters. The maximum Gasteiger partial charge on any atom is 0.225 e. The lowest BCUT2D eigenvalue weighted by molar-refractivity contribution is -0.116. The quantitative estimate of drug-likeness (QED) is 0.836. The van der Waals surface area contributed by atoms with E-state index in [2.05, 4.69) is 15.6 Å². The SMILES string of the molecule is CNCCC(=O)Nc1ccccc1-n1ccnc1. The summed E-state index contributed by atoms with van der Waals surface area (Å²) in [6, 6.07) is 7.65. The van der Waals surface area contributed by atoms with Crippen LogP contribution in [-0.2, 0) is 4.79 Å². The normalized spacial score (nSPS) is 10.3. The van der Waals surface area contributed by atoms with Crippen LogP contribution < -0.4 is 10.6 Å². The molecular formula is C13H16N4O. The summed E-state index contributed by atoms with van der Waals surface area (Å²) in [7, 11) is 1.83. The molecule has 1 aromatic carbocycles. The number of carbonyl (C=O) groups is 1. The minimum atomic E-state index is -0.00286. The molecule has 0 spiro atoms. The fraction of sp³-hybridized carbons (Fsp3) is 0.231. The summed E-state index contributed by atoms with van der Waals surface area (Å²) in [4.78, 5) is 15.7. The van der Waals surface area contributed by atoms with Crippen molar-refractivity contribution in [2.45, 2.75) is 6.42 Å². The van der Waals surface area contributed by atoms with E-state index in [0.29, 0.717) is 13.0 Å². The Kier molecular flexibility index (Phi) is 4.09. The molecule has 0 aliphatic rings. The molecule has 5 nitrogen and oxygen atoms in total. The summed E-state index contributed by atoms with van der Waals surface area (Å²) in [5.41, 5.74) is 1.70. The van der Waals surface area contributed by atoms with Gasteiger partial charge in [-0.1, -0.05) is 12.1 Å². The molecule has 5 heteroatoms. The second-order valence-corrected chi connectivity index (χ2v) is 3.89. The first-order valence-electron chi connectivity index (χ1n) is 5.83. The van der Waals surface area contributed by atoms with Gasteiger partial charge in [-0.05, 0) is 19.2 Å². The smallest absolute Gasteiger partial charge is 0.225 e. The largest absolute Gasteiger partial charge is 0.324 e. The fourth-order valence-electron chi connectivity index (χ4n) is 1.66. The van der Waals surface area contributed by atoms with Gasteiger partial charge in [0, 0.05) is 25.4 Å². The van der Waals surface area contributed by atoms with E-state index in [1.54, 1.807) is 12.5 Å². The molecule has 18 heavy (non-hydrogen) atoms. The Bertz CT molecular complexity index is 507. The number of amides is 1. The van der Waals surface area contributed by atoms with Crippen LogP contribution in [0.15, 0.2) is 43.0 Å². The van der Waals surface area contributed by atoms with Crippen molar-refractivity contribution in [2.75, 3.05) is 18.9 Å². The van der Waals surface area contributed by atoms with E-state index in [4.69, 9.17) is 0 Å². The minimum Gasteiger partial charge on any atom is -0.324 e. The highest BCUT2D eigenvalue weighted by Gasteiger charge is 2.06. The number of rotatable bonds is 5. The highest BCUT2D eigenvalue weighted by Crippen LogP contribution is 2.19. The zero-order valence-corrected chi connectivity index (χ0v) is 10.3. The predicted molar refractivity (Wildman–Crippen MR) is 70.7 cm³/mol. The van der Waals surface area contributed by atoms with Crippen LogP contribution in [0.5, 0.6) is 0 Å². The number of hydrogen-bond acceptors (Lipinski definition) is 3. The third-order valence-electron chi connectivity index (χ3n) is 2.56. The molecule has 0 saturated heterocycles. The lowest BCUT2D eigenvalue weighted by Crippen LogP contribution is -2.19. The highest BCUT2D eigenvalue weighted by atomic mass is 16.1. The maximum absolute atomic E-state index is 11.7. The van der Waals surface area contributed by atoms with Crippen molar-refractivity contribution >= 4 is 11.6 Å². The molecule has 0 saturated carbocycles. The second-order valence-electron chi connectivity index (χ2n) is 3.89. The van der Waals surface area contributed by atoms with Gasteiger partial charge in [-0.3, -0.25) is 4.79 Å². The van der Waals surface area contributed by atoms with Crippen molar-refractivity contribution in [1.29, 1.82) is 0 Å². The third kappa shape index (κ3) is 2.95. The molecule has 0 bridgehead atoms. The van der Waals surface area contributed by atoms with Crippen LogP contribution in [0.1, 0.15) is 6.42 Å². The van der Waals surface area contributed by atoms with Crippen LogP contribution in [0.3, 0.4) is 0 Å². The molecule has 94 valence electrons. The summed E-state index contributed by atoms with van der Waals surface area (Å²) in [6.45, 7) is 0.666. The van der Waals surface area contributed by atoms with E-state index in [1.165, 1.54) is 0 Å². The zero-order valence-electron chi connectivity index (χ0n) is 10.3. The van der Waals surface area contributed by atoms with Gasteiger partial charge < -0.3 is 15.2 Å². The molecule has 0 atom stereocenters. The van der Waals surface area contributed by atoms with Crippen molar-refractivity contribution in [3.63, 3.8) is 0 Å². The summed E-state index contributed by atoms with van der Waals surface area (Å²) >= 11 is 0. The summed E-state index contributed by atoms with van der Waals surface area (Å²) < 4.78 is 1.87. The number of carbonyl (C=O) groups excluding carboxylic acids is 1. The van der Waals surface area contributed by atoms with Gasteiger partial charge in [0.1, 0.15) is 0 Å². The Labute approximate surface area is 106 Å². The Balaban J connectivity index is 2.16. The number of hydrogen-bond donors (Lipinski definition) is 2. The minimum absolute atomic E-state index is 0.00286. The number of nitrogens with one attached hydrogen (secondary N) is 2. The third-order valence-corrected chi connectivity index (χ3v) is 2.56. The van der Waals surface area contributed by atoms with E-state index in [-0.39, 0.29) is 5.91 Å². The molecule has 1 amide bonds. The van der Waals surface area contributed by atoms with Crippen LogP contribution in [0.4, 0.5) is 5.69 Å². The molecule has 1 heterocycles. The lowest BCUT2D eigenvalue weighted by Gasteiger charge is -2.11. The van der Waals surface area contributed by atoms with Gasteiger partial charge in [-0.15, -0.1) is 0 Å². The molecule has 0 aliphatic heterocycles. The Morgan fingerprint density at radius 1 is 1.39 bits per heavy atom. The van der Waals surface area contributed by atoms with Crippen molar-refractivity contribution in [1.82, 2.24) is 14.9 Å². The molecule has 2 aromatic rings. The molecule has 0 fully saturated rings. The van der Waals surface area contributed by atoms with Crippen molar-refractivity contribution < 1.29 is 4.79 Å². The first kappa shape index (κ1) is 12.3. The number of imidazole rings is 1. The van der Waals surface area contributed by atoms with Crippen molar-refractivity contribution in [3.8, 4) is 5.69 Å². The van der Waals surface area contributed by atoms with Crippen molar-refractivity contribution in [3.05, 3.63) is 43.0 Å². The molecule has 2 N–H and O–H groups in total. The number of aromatic nitrogens is 2. The first-order valence-corrected chi connectivity index (χ1v) is 5.83. The maximum atomic E-state index is 11.7. The van der Waals surface area contributed by atoms with Crippen LogP contribution in [-0.4, -0.2) is 29.1 Å². The number of nitrogens with zero attached hydrogens (tertiary/aromatic N) is 2. The van der Waals surface area contributed by atoms with Gasteiger partial charge in [-0.25, -0.2) is 4.98 Å². The van der Waals surface area contributed by atoms with Crippen LogP contribution in [0.25, 0.3) is 5.69 Å². The number of benzene rings is 1. The second kappa shape index (κ2) is 5.97. The molecule has 1 aromatic heterocycles. The van der Waals surface area contributed by atoms with E-state index < -0.39 is 0 Å². The standard InChI is InChI=1S/C13H16N4O/c1-14-7-6-13(18)16-11-4-2-3-5-12(11)17-9-8-15-10-17/h2-5,8-10,14H,6-7H2,1H3,(H,16,18). The zero-order chi connectivity index (χ0) is 12.8. The van der Waals surface area contributed by atoms with Crippen LogP contribution in [0, 0.1) is 0 Å². The van der Waals surface area contributed by atoms with Gasteiger partial charge in [0.25, 0.3) is 0 Å². The summed E-state index contributed by atoms with van der Waals surface area (Å²) in [5.74, 6) is -0.00286. The van der Waals surface area contributed by atoms with E-state index in [1.807, 2.05) is 42.1 Å². The topological polar surface area (TPSA) is 59.0 Å². The Hall–Kier alpha value is -2.14.